The molecule has 0 saturated carbocycles. The number of benzene rings is 2. The third-order valence-corrected chi connectivity index (χ3v) is 5.74. The van der Waals surface area contributed by atoms with Gasteiger partial charge in [0, 0.05) is 31.8 Å². The quantitative estimate of drug-likeness (QED) is 0.291. The number of amides is 1. The molecule has 10 heteroatoms. The summed E-state index contributed by atoms with van der Waals surface area (Å²) < 4.78 is 6.45. The Labute approximate surface area is 207 Å². The summed E-state index contributed by atoms with van der Waals surface area (Å²) in [6.07, 6.45) is 2.23. The zero-order valence-electron chi connectivity index (χ0n) is 19.9. The highest BCUT2D eigenvalue weighted by Gasteiger charge is 2.21. The number of nitrogens with two attached hydrogens (primary N) is 1. The number of hydrogen-bond donors (Lipinski definition) is 3. The Hall–Kier alpha value is -4.44. The van der Waals surface area contributed by atoms with Gasteiger partial charge in [-0.25, -0.2) is 4.79 Å². The number of nitrogens with one attached hydrogen (secondary N) is 2. The number of fused-ring (bicyclic) bond motifs is 1. The van der Waals surface area contributed by atoms with Gasteiger partial charge in [0.25, 0.3) is 5.56 Å². The fourth-order valence-electron chi connectivity index (χ4n) is 4.05. The summed E-state index contributed by atoms with van der Waals surface area (Å²) in [4.78, 5) is 46.8. The number of anilines is 3. The van der Waals surface area contributed by atoms with Crippen LogP contribution >= 0.6 is 0 Å². The Bertz CT molecular complexity index is 1460. The molecule has 10 nitrogen and oxygen atoms in total. The summed E-state index contributed by atoms with van der Waals surface area (Å²) in [7, 11) is 1.58. The molecule has 2 aromatic carbocycles. The van der Waals surface area contributed by atoms with Gasteiger partial charge in [-0.2, -0.15) is 0 Å². The summed E-state index contributed by atoms with van der Waals surface area (Å²) in [5.41, 5.74) is 7.37. The van der Waals surface area contributed by atoms with Gasteiger partial charge in [-0.3, -0.25) is 24.1 Å². The SMILES string of the molecule is COCCCN(CC(=O)Nc1cccc2ncccc12)c1c(N)n(Cc2ccccc2)c(=O)[nH]c1=O. The molecule has 4 N–H and O–H groups in total. The molecule has 0 bridgehead atoms. The first-order valence-corrected chi connectivity index (χ1v) is 11.5. The summed E-state index contributed by atoms with van der Waals surface area (Å²) in [6.45, 7) is 0.761. The molecule has 0 aliphatic carbocycles. The molecule has 0 aliphatic rings. The molecule has 0 saturated heterocycles. The highest BCUT2D eigenvalue weighted by molar-refractivity contribution is 6.02. The molecule has 0 spiro atoms. The number of carbonyl (C=O) groups is 1. The maximum absolute atomic E-state index is 13.1. The van der Waals surface area contributed by atoms with Gasteiger partial charge in [0.15, 0.2) is 0 Å². The van der Waals surface area contributed by atoms with Gasteiger partial charge in [-0.1, -0.05) is 36.4 Å². The minimum absolute atomic E-state index is 0.00724. The van der Waals surface area contributed by atoms with Crippen LogP contribution in [-0.2, 0) is 16.1 Å². The van der Waals surface area contributed by atoms with Crippen molar-refractivity contribution in [3.8, 4) is 0 Å². The Morgan fingerprint density at radius 3 is 2.69 bits per heavy atom. The monoisotopic (exact) mass is 488 g/mol. The van der Waals surface area contributed by atoms with E-state index in [-0.39, 0.29) is 30.5 Å². The number of methoxy groups -OCH3 is 1. The molecular formula is C26H28N6O4. The van der Waals surface area contributed by atoms with Crippen molar-refractivity contribution in [2.24, 2.45) is 0 Å². The maximum Gasteiger partial charge on any atom is 0.330 e. The van der Waals surface area contributed by atoms with E-state index >= 15 is 0 Å². The molecule has 0 unspecified atom stereocenters. The first kappa shape index (κ1) is 24.7. The van der Waals surface area contributed by atoms with Crippen LogP contribution in [0.1, 0.15) is 12.0 Å². The van der Waals surface area contributed by atoms with E-state index < -0.39 is 11.2 Å². The lowest BCUT2D eigenvalue weighted by Crippen LogP contribution is -2.42. The second kappa shape index (κ2) is 11.3. The summed E-state index contributed by atoms with van der Waals surface area (Å²) in [5, 5.41) is 3.71. The average molecular weight is 489 g/mol. The number of rotatable bonds is 10. The van der Waals surface area contributed by atoms with Gasteiger partial charge in [0.2, 0.25) is 5.91 Å². The molecule has 4 aromatic rings. The molecule has 0 fully saturated rings. The van der Waals surface area contributed by atoms with Crippen LogP contribution in [-0.4, -0.2) is 47.2 Å². The van der Waals surface area contributed by atoms with Crippen LogP contribution in [0.4, 0.5) is 17.2 Å². The van der Waals surface area contributed by atoms with Crippen LogP contribution in [0, 0.1) is 0 Å². The second-order valence-electron chi connectivity index (χ2n) is 8.26. The molecule has 0 radical (unpaired) electrons. The van der Waals surface area contributed by atoms with Crippen LogP contribution < -0.4 is 27.2 Å². The number of ether oxygens (including phenoxy) is 1. The Morgan fingerprint density at radius 1 is 1.11 bits per heavy atom. The molecule has 0 atom stereocenters. The normalized spacial score (nSPS) is 10.9. The van der Waals surface area contributed by atoms with E-state index in [1.807, 2.05) is 48.5 Å². The number of nitrogens with zero attached hydrogens (tertiary/aromatic N) is 3. The van der Waals surface area contributed by atoms with Gasteiger partial charge < -0.3 is 20.7 Å². The predicted molar refractivity (Wildman–Crippen MR) is 140 cm³/mol. The number of aromatic amines is 1. The first-order chi connectivity index (χ1) is 17.5. The van der Waals surface area contributed by atoms with Gasteiger partial charge >= 0.3 is 5.69 Å². The van der Waals surface area contributed by atoms with Crippen molar-refractivity contribution in [3.63, 3.8) is 0 Å². The van der Waals surface area contributed by atoms with Gasteiger partial charge in [0.05, 0.1) is 24.3 Å². The van der Waals surface area contributed by atoms with Crippen LogP contribution in [0.25, 0.3) is 10.9 Å². The van der Waals surface area contributed by atoms with E-state index in [4.69, 9.17) is 10.5 Å². The van der Waals surface area contributed by atoms with Crippen LogP contribution in [0.15, 0.2) is 76.4 Å². The van der Waals surface area contributed by atoms with Crippen molar-refractivity contribution < 1.29 is 9.53 Å². The fourth-order valence-corrected chi connectivity index (χ4v) is 4.05. The standard InChI is InChI=1S/C26H28N6O4/c1-36-15-7-14-31(17-22(33)29-21-12-5-11-20-19(21)10-6-13-28-20)23-24(27)32(26(35)30-25(23)34)16-18-8-3-2-4-9-18/h2-6,8-13H,7,14-17,27H2,1H3,(H,29,33)(H,30,34,35). The van der Waals surface area contributed by atoms with Gasteiger partial charge in [-0.05, 0) is 36.2 Å². The zero-order chi connectivity index (χ0) is 25.5. The third kappa shape index (κ3) is 5.61. The second-order valence-corrected chi connectivity index (χ2v) is 8.26. The zero-order valence-corrected chi connectivity index (χ0v) is 19.9. The summed E-state index contributed by atoms with van der Waals surface area (Å²) in [5.74, 6) is -0.351. The molecule has 0 aliphatic heterocycles. The van der Waals surface area contributed by atoms with E-state index in [1.165, 1.54) is 4.57 Å². The number of carbonyl (C=O) groups excluding carboxylic acids is 1. The van der Waals surface area contributed by atoms with Crippen molar-refractivity contribution in [2.75, 3.05) is 42.8 Å². The van der Waals surface area contributed by atoms with Crippen LogP contribution in [0.5, 0.6) is 0 Å². The van der Waals surface area contributed by atoms with E-state index in [0.29, 0.717) is 25.3 Å². The van der Waals surface area contributed by atoms with E-state index in [0.717, 1.165) is 16.5 Å². The smallest absolute Gasteiger partial charge is 0.330 e. The molecule has 2 heterocycles. The van der Waals surface area contributed by atoms with Crippen molar-refractivity contribution >= 4 is 34.0 Å². The van der Waals surface area contributed by atoms with E-state index in [1.54, 1.807) is 30.3 Å². The maximum atomic E-state index is 13.1. The lowest BCUT2D eigenvalue weighted by atomic mass is 10.2. The van der Waals surface area contributed by atoms with Gasteiger partial charge in [-0.15, -0.1) is 0 Å². The summed E-state index contributed by atoms with van der Waals surface area (Å²) >= 11 is 0. The molecule has 1 amide bonds. The fraction of sp³-hybridized carbons (Fsp3) is 0.231. The molecule has 186 valence electrons. The van der Waals surface area contributed by atoms with E-state index in [2.05, 4.69) is 15.3 Å². The van der Waals surface area contributed by atoms with E-state index in [9.17, 15) is 14.4 Å². The van der Waals surface area contributed by atoms with Crippen molar-refractivity contribution in [1.29, 1.82) is 0 Å². The number of hydrogen-bond acceptors (Lipinski definition) is 7. The van der Waals surface area contributed by atoms with Crippen molar-refractivity contribution in [3.05, 3.63) is 93.3 Å². The average Bonchev–Trinajstić information content (AvgIpc) is 2.87. The van der Waals surface area contributed by atoms with Crippen molar-refractivity contribution in [1.82, 2.24) is 14.5 Å². The number of H-pyrrole nitrogens is 1. The molecule has 2 aromatic heterocycles. The number of nitrogen functional groups attached to an aromatic ring is 1. The topological polar surface area (TPSA) is 135 Å². The van der Waals surface area contributed by atoms with Crippen molar-refractivity contribution in [2.45, 2.75) is 13.0 Å². The third-order valence-electron chi connectivity index (χ3n) is 5.74. The minimum Gasteiger partial charge on any atom is -0.385 e. The van der Waals surface area contributed by atoms with Crippen LogP contribution in [0.2, 0.25) is 0 Å². The lowest BCUT2D eigenvalue weighted by molar-refractivity contribution is -0.115. The largest absolute Gasteiger partial charge is 0.385 e. The molecular weight excluding hydrogens is 460 g/mol. The predicted octanol–water partition coefficient (Wildman–Crippen LogP) is 2.20. The highest BCUT2D eigenvalue weighted by Crippen LogP contribution is 2.22. The minimum atomic E-state index is -0.651. The molecule has 36 heavy (non-hydrogen) atoms. The Morgan fingerprint density at radius 2 is 1.92 bits per heavy atom. The van der Waals surface area contributed by atoms with Gasteiger partial charge in [0.1, 0.15) is 11.5 Å². The first-order valence-electron chi connectivity index (χ1n) is 11.5. The Balaban J connectivity index is 1.65. The highest BCUT2D eigenvalue weighted by atomic mass is 16.5. The summed E-state index contributed by atoms with van der Waals surface area (Å²) in [6, 6.07) is 18.4. The number of aromatic nitrogens is 3. The molecule has 4 rings (SSSR count). The Kier molecular flexibility index (Phi) is 7.76. The number of pyridine rings is 1. The lowest BCUT2D eigenvalue weighted by Gasteiger charge is -2.26. The van der Waals surface area contributed by atoms with Crippen LogP contribution in [0.3, 0.4) is 0 Å².